The molecule has 0 unspecified atom stereocenters. The Kier molecular flexibility index (Phi) is 15.9. The van der Waals surface area contributed by atoms with Crippen LogP contribution in [0.5, 0.6) is 0 Å². The first-order valence-electron chi connectivity index (χ1n) is 11.0. The van der Waals surface area contributed by atoms with E-state index in [0.717, 1.165) is 35.5 Å². The average Bonchev–Trinajstić information content (AvgIpc) is 2.65. The fraction of sp³-hybridized carbons (Fsp3) is 0.692. The van der Waals surface area contributed by atoms with E-state index in [1.807, 2.05) is 30.3 Å². The van der Waals surface area contributed by atoms with E-state index >= 15 is 0 Å². The third-order valence-electron chi connectivity index (χ3n) is 5.99. The molecule has 1 aromatic carbocycles. The van der Waals surface area contributed by atoms with Crippen LogP contribution in [0.4, 0.5) is 0 Å². The molecule has 0 amide bonds. The monoisotopic (exact) mass is 477 g/mol. The van der Waals surface area contributed by atoms with E-state index in [1.165, 1.54) is 38.5 Å². The van der Waals surface area contributed by atoms with Crippen molar-refractivity contribution in [2.45, 2.75) is 80.1 Å². The van der Waals surface area contributed by atoms with E-state index in [9.17, 15) is 0 Å². The van der Waals surface area contributed by atoms with Gasteiger partial charge in [-0.3, -0.25) is 0 Å². The second kappa shape index (κ2) is 15.9. The SMILES string of the molecule is CC(C)[C@H]1[CH]C[C@H](C)CC1.CC(C)[C@H]1[CH]C[C@H](C)CC1.[HH].[Sn].[c]1ccccc1. The Morgan fingerprint density at radius 2 is 1.11 bits per heavy atom. The van der Waals surface area contributed by atoms with Crippen LogP contribution in [-0.2, 0) is 0 Å². The van der Waals surface area contributed by atoms with Crippen LogP contribution in [0.3, 0.4) is 0 Å². The van der Waals surface area contributed by atoms with Gasteiger partial charge in [0.05, 0.1) is 0 Å². The van der Waals surface area contributed by atoms with Crippen molar-refractivity contribution >= 4 is 23.9 Å². The van der Waals surface area contributed by atoms with Gasteiger partial charge in [-0.1, -0.05) is 84.7 Å². The Hall–Kier alpha value is 0.0187. The van der Waals surface area contributed by atoms with E-state index in [-0.39, 0.29) is 25.3 Å². The summed E-state index contributed by atoms with van der Waals surface area (Å²) in [6.45, 7) is 14.0. The van der Waals surface area contributed by atoms with E-state index < -0.39 is 0 Å². The molecule has 3 rings (SSSR count). The molecule has 4 atom stereocenters. The van der Waals surface area contributed by atoms with E-state index in [2.05, 4.69) is 60.5 Å². The van der Waals surface area contributed by atoms with Crippen LogP contribution >= 0.6 is 0 Å². The summed E-state index contributed by atoms with van der Waals surface area (Å²) in [5, 5.41) is 0. The van der Waals surface area contributed by atoms with E-state index in [1.54, 1.807) is 0 Å². The van der Waals surface area contributed by atoms with Crippen LogP contribution in [0.2, 0.25) is 0 Å². The largest absolute Gasteiger partial charge is 0.0625 e. The minimum Gasteiger partial charge on any atom is -0.0625 e. The summed E-state index contributed by atoms with van der Waals surface area (Å²) in [4.78, 5) is 0. The van der Waals surface area contributed by atoms with Gasteiger partial charge in [0.2, 0.25) is 0 Å². The third-order valence-corrected chi connectivity index (χ3v) is 5.99. The van der Waals surface area contributed by atoms with Gasteiger partial charge in [-0.2, -0.15) is 0 Å². The molecule has 2 aliphatic rings. The number of hydrogen-bond donors (Lipinski definition) is 0. The summed E-state index contributed by atoms with van der Waals surface area (Å²) in [6.07, 6.45) is 13.5. The number of rotatable bonds is 2. The van der Waals surface area contributed by atoms with Crippen molar-refractivity contribution < 1.29 is 1.43 Å². The molecule has 2 aliphatic carbocycles. The summed E-state index contributed by atoms with van der Waals surface area (Å²) in [5.41, 5.74) is 0. The molecule has 0 aliphatic heterocycles. The second-order valence-corrected chi connectivity index (χ2v) is 9.20. The first kappa shape index (κ1) is 27.0. The zero-order valence-electron chi connectivity index (χ0n) is 18.7. The van der Waals surface area contributed by atoms with Crippen molar-refractivity contribution in [2.75, 3.05) is 0 Å². The van der Waals surface area contributed by atoms with Gasteiger partial charge in [0.1, 0.15) is 0 Å². The molecule has 0 bridgehead atoms. The molecule has 7 radical (unpaired) electrons. The normalized spacial score (nSPS) is 27.6. The predicted octanol–water partition coefficient (Wildman–Crippen LogP) is 7.92. The van der Waals surface area contributed by atoms with Gasteiger partial charge < -0.3 is 0 Å². The quantitative estimate of drug-likeness (QED) is 0.381. The molecule has 27 heavy (non-hydrogen) atoms. The van der Waals surface area contributed by atoms with Crippen molar-refractivity contribution in [3.8, 4) is 0 Å². The fourth-order valence-corrected chi connectivity index (χ4v) is 3.79. The smallest absolute Gasteiger partial charge is 0 e. The maximum absolute atomic E-state index is 2.89. The van der Waals surface area contributed by atoms with Crippen LogP contribution < -0.4 is 0 Å². The van der Waals surface area contributed by atoms with Gasteiger partial charge in [0, 0.05) is 25.3 Å². The maximum atomic E-state index is 2.89. The van der Waals surface area contributed by atoms with Gasteiger partial charge >= 0.3 is 0 Å². The molecule has 0 N–H and O–H groups in total. The Bertz CT molecular complexity index is 363. The van der Waals surface area contributed by atoms with Crippen molar-refractivity contribution in [1.82, 2.24) is 0 Å². The number of benzene rings is 1. The second-order valence-electron chi connectivity index (χ2n) is 9.20. The molecular weight excluding hydrogens is 431 g/mol. The molecule has 0 saturated heterocycles. The summed E-state index contributed by atoms with van der Waals surface area (Å²) in [6, 6.07) is 12.5. The van der Waals surface area contributed by atoms with Gasteiger partial charge in [-0.05, 0) is 80.1 Å². The Balaban J connectivity index is 0. The summed E-state index contributed by atoms with van der Waals surface area (Å²) >= 11 is 0. The molecule has 2 fully saturated rings. The topological polar surface area (TPSA) is 0 Å². The molecule has 0 nitrogen and oxygen atoms in total. The number of hydrogen-bond acceptors (Lipinski definition) is 0. The predicted molar refractivity (Wildman–Crippen MR) is 124 cm³/mol. The summed E-state index contributed by atoms with van der Waals surface area (Å²) < 4.78 is 0. The average molecular weight is 476 g/mol. The Morgan fingerprint density at radius 1 is 0.704 bits per heavy atom. The minimum absolute atomic E-state index is 0. The van der Waals surface area contributed by atoms with Crippen molar-refractivity contribution in [1.29, 1.82) is 0 Å². The van der Waals surface area contributed by atoms with Crippen LogP contribution in [0.15, 0.2) is 30.3 Å². The molecule has 153 valence electrons. The first-order chi connectivity index (χ1) is 12.4. The molecule has 1 heteroatoms. The molecule has 0 aromatic heterocycles. The zero-order valence-corrected chi connectivity index (χ0v) is 21.6. The van der Waals surface area contributed by atoms with Crippen LogP contribution in [0, 0.1) is 54.4 Å². The Labute approximate surface area is 189 Å². The fourth-order valence-electron chi connectivity index (χ4n) is 3.79. The van der Waals surface area contributed by atoms with E-state index in [4.69, 9.17) is 0 Å². The first-order valence-corrected chi connectivity index (χ1v) is 11.0. The van der Waals surface area contributed by atoms with Crippen LogP contribution in [0.1, 0.15) is 81.5 Å². The summed E-state index contributed by atoms with van der Waals surface area (Å²) in [5.74, 6) is 5.47. The van der Waals surface area contributed by atoms with Crippen molar-refractivity contribution in [2.24, 2.45) is 35.5 Å². The Morgan fingerprint density at radius 3 is 1.30 bits per heavy atom. The molecule has 2 saturated carbocycles. The van der Waals surface area contributed by atoms with Gasteiger partial charge in [0.25, 0.3) is 0 Å². The van der Waals surface area contributed by atoms with Gasteiger partial charge in [-0.15, -0.1) is 0 Å². The van der Waals surface area contributed by atoms with Crippen LogP contribution in [0.25, 0.3) is 0 Å². The van der Waals surface area contributed by atoms with Gasteiger partial charge in [-0.25, -0.2) is 0 Å². The van der Waals surface area contributed by atoms with Gasteiger partial charge in [0.15, 0.2) is 0 Å². The zero-order chi connectivity index (χ0) is 19.4. The molecular formula is C26H45Sn. The van der Waals surface area contributed by atoms with E-state index in [0.29, 0.717) is 0 Å². The molecule has 0 spiro atoms. The van der Waals surface area contributed by atoms with Crippen LogP contribution in [-0.4, -0.2) is 23.9 Å². The van der Waals surface area contributed by atoms with Crippen molar-refractivity contribution in [3.05, 3.63) is 49.2 Å². The maximum Gasteiger partial charge on any atom is 0 e. The molecule has 1 aromatic rings. The molecule has 0 heterocycles. The standard InChI is InChI=1S/2C10H19.C6H5.Sn.H2/c2*1-8(2)10-6-4-9(3)5-7-10;1-2-4-6-5-3-1;;/h2*6,8-10H,4-5,7H2,1-3H3;1-5H;;1H/t2*9-,10-;;;/m00.../s1. The third kappa shape index (κ3) is 13.0. The van der Waals surface area contributed by atoms with Crippen molar-refractivity contribution in [3.63, 3.8) is 0 Å². The minimum atomic E-state index is 0. The summed E-state index contributed by atoms with van der Waals surface area (Å²) in [7, 11) is 0.